The fraction of sp³-hybridized carbons (Fsp3) is 0.913. The Morgan fingerprint density at radius 3 is 2.70 bits per heavy atom. The normalized spacial score (nSPS) is 46.6. The second-order valence-corrected chi connectivity index (χ2v) is 10.5. The number of carbonyl (C=O) groups is 2. The first-order valence-corrected chi connectivity index (χ1v) is 11.4. The third-order valence-electron chi connectivity index (χ3n) is 9.38. The molecule has 2 N–H and O–H groups in total. The molecule has 3 aliphatic carbocycles. The first-order chi connectivity index (χ1) is 12.8. The fourth-order valence-electron chi connectivity index (χ4n) is 7.97. The van der Waals surface area contributed by atoms with Gasteiger partial charge in [0.25, 0.3) is 0 Å². The molecule has 0 aromatic rings. The van der Waals surface area contributed by atoms with Crippen LogP contribution in [-0.2, 0) is 9.59 Å². The van der Waals surface area contributed by atoms with Gasteiger partial charge in [-0.15, -0.1) is 0 Å². The summed E-state index contributed by atoms with van der Waals surface area (Å²) < 4.78 is 0. The summed E-state index contributed by atoms with van der Waals surface area (Å²) in [6, 6.07) is 0. The minimum absolute atomic E-state index is 0.132. The molecular formula is C23H37NO3. The van der Waals surface area contributed by atoms with Crippen molar-refractivity contribution >= 4 is 11.9 Å². The minimum Gasteiger partial charge on any atom is -0.481 e. The molecule has 7 atom stereocenters. The van der Waals surface area contributed by atoms with E-state index in [9.17, 15) is 9.59 Å². The van der Waals surface area contributed by atoms with E-state index in [-0.39, 0.29) is 17.9 Å². The monoisotopic (exact) mass is 375 g/mol. The number of nitrogens with one attached hydrogen (secondary N) is 1. The van der Waals surface area contributed by atoms with Crippen molar-refractivity contribution in [2.45, 2.75) is 96.4 Å². The smallest absolute Gasteiger partial charge is 0.303 e. The minimum atomic E-state index is -0.705. The van der Waals surface area contributed by atoms with Crippen molar-refractivity contribution in [3.05, 3.63) is 0 Å². The lowest BCUT2D eigenvalue weighted by Gasteiger charge is -2.55. The first-order valence-electron chi connectivity index (χ1n) is 11.4. The van der Waals surface area contributed by atoms with Crippen LogP contribution in [0.25, 0.3) is 0 Å². The summed E-state index contributed by atoms with van der Waals surface area (Å²) in [5.74, 6) is 2.58. The summed E-state index contributed by atoms with van der Waals surface area (Å²) in [4.78, 5) is 24.0. The molecule has 1 aliphatic heterocycles. The number of amides is 1. The number of fused-ring (bicyclic) bond motifs is 5. The van der Waals surface area contributed by atoms with Crippen LogP contribution in [0.1, 0.15) is 90.9 Å². The number of carboxylic acid groups (broad SMARTS) is 1. The molecule has 0 radical (unpaired) electrons. The van der Waals surface area contributed by atoms with Gasteiger partial charge in [0, 0.05) is 18.4 Å². The molecule has 27 heavy (non-hydrogen) atoms. The summed E-state index contributed by atoms with van der Waals surface area (Å²) in [7, 11) is 0. The van der Waals surface area contributed by atoms with Crippen LogP contribution >= 0.6 is 0 Å². The van der Waals surface area contributed by atoms with Crippen molar-refractivity contribution in [2.24, 2.45) is 35.0 Å². The molecule has 0 bridgehead atoms. The van der Waals surface area contributed by atoms with Gasteiger partial charge in [-0.2, -0.15) is 0 Å². The molecule has 1 saturated heterocycles. The largest absolute Gasteiger partial charge is 0.481 e. The van der Waals surface area contributed by atoms with Crippen molar-refractivity contribution in [3.63, 3.8) is 0 Å². The molecule has 0 spiro atoms. The van der Waals surface area contributed by atoms with Crippen LogP contribution in [0.4, 0.5) is 0 Å². The quantitative estimate of drug-likeness (QED) is 0.744. The van der Waals surface area contributed by atoms with Crippen LogP contribution < -0.4 is 5.32 Å². The van der Waals surface area contributed by atoms with E-state index in [4.69, 9.17) is 5.11 Å². The van der Waals surface area contributed by atoms with Gasteiger partial charge in [-0.3, -0.25) is 9.59 Å². The second kappa shape index (κ2) is 7.08. The molecule has 0 aromatic heterocycles. The van der Waals surface area contributed by atoms with Crippen LogP contribution in [0.2, 0.25) is 0 Å². The van der Waals surface area contributed by atoms with Gasteiger partial charge in [0.05, 0.1) is 0 Å². The van der Waals surface area contributed by atoms with Gasteiger partial charge in [-0.05, 0) is 93.3 Å². The maximum absolute atomic E-state index is 13.0. The average Bonchev–Trinajstić information content (AvgIpc) is 2.85. The molecule has 4 fully saturated rings. The average molecular weight is 376 g/mol. The summed E-state index contributed by atoms with van der Waals surface area (Å²) in [5.41, 5.74) is 0.220. The highest BCUT2D eigenvalue weighted by molar-refractivity contribution is 5.78. The zero-order valence-corrected chi connectivity index (χ0v) is 17.1. The highest BCUT2D eigenvalue weighted by Gasteiger charge is 2.59. The van der Waals surface area contributed by atoms with Crippen LogP contribution in [0.5, 0.6) is 0 Å². The molecule has 0 aromatic carbocycles. The zero-order valence-electron chi connectivity index (χ0n) is 17.1. The summed E-state index contributed by atoms with van der Waals surface area (Å²) in [5, 5.41) is 12.5. The van der Waals surface area contributed by atoms with Gasteiger partial charge in [0.2, 0.25) is 5.91 Å². The Hall–Kier alpha value is -1.06. The molecule has 4 rings (SSSR count). The SMILES string of the molecule is CC12NC(=O)CC3C(CC[C@@H]4CCCCC34C)C1CCC2CCCC(=O)O. The zero-order chi connectivity index (χ0) is 19.2. The van der Waals surface area contributed by atoms with Crippen molar-refractivity contribution in [3.8, 4) is 0 Å². The highest BCUT2D eigenvalue weighted by Crippen LogP contribution is 2.62. The van der Waals surface area contributed by atoms with E-state index < -0.39 is 5.97 Å². The van der Waals surface area contributed by atoms with Gasteiger partial charge in [0.15, 0.2) is 0 Å². The van der Waals surface area contributed by atoms with E-state index in [1.54, 1.807) is 0 Å². The topological polar surface area (TPSA) is 66.4 Å². The van der Waals surface area contributed by atoms with Gasteiger partial charge in [-0.25, -0.2) is 0 Å². The number of carbonyl (C=O) groups excluding carboxylic acids is 1. The van der Waals surface area contributed by atoms with Gasteiger partial charge in [-0.1, -0.05) is 19.8 Å². The summed E-state index contributed by atoms with van der Waals surface area (Å²) >= 11 is 0. The van der Waals surface area contributed by atoms with Crippen LogP contribution in [-0.4, -0.2) is 22.5 Å². The lowest BCUT2D eigenvalue weighted by Crippen LogP contribution is -2.54. The van der Waals surface area contributed by atoms with E-state index in [1.165, 1.54) is 44.9 Å². The van der Waals surface area contributed by atoms with Crippen LogP contribution in [0.3, 0.4) is 0 Å². The second-order valence-electron chi connectivity index (χ2n) is 10.5. The Morgan fingerprint density at radius 2 is 1.93 bits per heavy atom. The molecule has 3 saturated carbocycles. The molecule has 6 unspecified atom stereocenters. The van der Waals surface area contributed by atoms with E-state index in [1.807, 2.05) is 0 Å². The number of hydrogen-bond donors (Lipinski definition) is 2. The van der Waals surface area contributed by atoms with E-state index in [2.05, 4.69) is 19.2 Å². The molecular weight excluding hydrogens is 338 g/mol. The Kier molecular flexibility index (Phi) is 5.05. The maximum Gasteiger partial charge on any atom is 0.303 e. The number of aliphatic carboxylic acids is 1. The highest BCUT2D eigenvalue weighted by atomic mass is 16.4. The van der Waals surface area contributed by atoms with Crippen LogP contribution in [0, 0.1) is 35.0 Å². The Labute approximate surface area is 163 Å². The number of carboxylic acids is 1. The molecule has 4 heteroatoms. The number of rotatable bonds is 4. The summed E-state index contributed by atoms with van der Waals surface area (Å²) in [6.45, 7) is 4.79. The van der Waals surface area contributed by atoms with Crippen molar-refractivity contribution in [1.82, 2.24) is 5.32 Å². The Morgan fingerprint density at radius 1 is 1.11 bits per heavy atom. The summed E-state index contributed by atoms with van der Waals surface area (Å²) in [6.07, 6.45) is 13.0. The molecule has 152 valence electrons. The Balaban J connectivity index is 1.58. The third kappa shape index (κ3) is 3.21. The standard InChI is InChI=1S/C23H37NO3/c1-22-13-4-3-6-15(22)9-11-17-18-12-10-16(7-5-8-21(26)27)23(18,2)24-20(25)14-19(17)22/h15-19H,3-14H2,1-2H3,(H,24,25)(H,26,27)/t15-,16?,17?,18?,19?,22?,23?/m0/s1. The predicted molar refractivity (Wildman–Crippen MR) is 105 cm³/mol. The predicted octanol–water partition coefficient (Wildman–Crippen LogP) is 4.77. The molecule has 1 heterocycles. The maximum atomic E-state index is 13.0. The van der Waals surface area contributed by atoms with E-state index in [0.717, 1.165) is 25.2 Å². The Bertz CT molecular complexity index is 604. The molecule has 1 amide bonds. The van der Waals surface area contributed by atoms with Crippen molar-refractivity contribution < 1.29 is 14.7 Å². The first kappa shape index (κ1) is 19.3. The van der Waals surface area contributed by atoms with Crippen molar-refractivity contribution in [1.29, 1.82) is 0 Å². The third-order valence-corrected chi connectivity index (χ3v) is 9.38. The van der Waals surface area contributed by atoms with Gasteiger partial charge in [0.1, 0.15) is 0 Å². The van der Waals surface area contributed by atoms with E-state index in [0.29, 0.717) is 35.5 Å². The van der Waals surface area contributed by atoms with Crippen LogP contribution in [0.15, 0.2) is 0 Å². The molecule has 4 aliphatic rings. The lowest BCUT2D eigenvalue weighted by molar-refractivity contribution is -0.137. The van der Waals surface area contributed by atoms with Crippen molar-refractivity contribution in [2.75, 3.05) is 0 Å². The number of hydrogen-bond acceptors (Lipinski definition) is 2. The van der Waals surface area contributed by atoms with Gasteiger partial charge >= 0.3 is 5.97 Å². The molecule has 4 nitrogen and oxygen atoms in total. The van der Waals surface area contributed by atoms with E-state index >= 15 is 0 Å². The lowest BCUT2D eigenvalue weighted by atomic mass is 9.49. The fourth-order valence-corrected chi connectivity index (χ4v) is 7.97. The van der Waals surface area contributed by atoms with Gasteiger partial charge < -0.3 is 10.4 Å².